The molecule has 4 rings (SSSR count). The number of aromatic hydroxyl groups is 4. The molecule has 6 atom stereocenters. The Bertz CT molecular complexity index is 1580. The number of carboxylic acids is 1. The van der Waals surface area contributed by atoms with Crippen molar-refractivity contribution < 1.29 is 69.4 Å². The molecule has 3 aromatic rings. The number of benzene rings is 2. The zero-order valence-electron chi connectivity index (χ0n) is 21.9. The molecular formula is C27H28O15. The molecule has 1 saturated heterocycles. The van der Waals surface area contributed by atoms with Gasteiger partial charge in [-0.2, -0.15) is 0 Å². The summed E-state index contributed by atoms with van der Waals surface area (Å²) in [6, 6.07) is 5.18. The van der Waals surface area contributed by atoms with Crippen LogP contribution in [0.25, 0.3) is 22.3 Å². The molecule has 15 nitrogen and oxygen atoms in total. The standard InChI is InChI=1S/C27H28O15/c1-27(39,7-17(32)33)8-18(34)40-9-16-21(35)23(37)24(38)26(42-16)20-22(36)19-14(31)5-11(28)6-15(19)41-25(20)10-2-3-12(29)13(30)4-10/h2-6,16,21,23-24,26,28-31,35,37-39H,7-9H2,1H3,(H,32,33)/t16-,21-,23+,24-,26+,27?/m1/s1. The Balaban J connectivity index is 1.76. The van der Waals surface area contributed by atoms with Gasteiger partial charge in [-0.25, -0.2) is 0 Å². The monoisotopic (exact) mass is 592 g/mol. The van der Waals surface area contributed by atoms with Gasteiger partial charge in [-0.05, 0) is 25.1 Å². The van der Waals surface area contributed by atoms with Gasteiger partial charge in [0.1, 0.15) is 65.4 Å². The molecule has 1 fully saturated rings. The van der Waals surface area contributed by atoms with Crippen LogP contribution in [-0.4, -0.2) is 94.5 Å². The first kappa shape index (κ1) is 30.5. The lowest BCUT2D eigenvalue weighted by Gasteiger charge is -2.40. The van der Waals surface area contributed by atoms with E-state index in [4.69, 9.17) is 19.0 Å². The number of carboxylic acid groups (broad SMARTS) is 1. The van der Waals surface area contributed by atoms with Gasteiger partial charge in [0.2, 0.25) is 5.43 Å². The van der Waals surface area contributed by atoms with Crippen molar-refractivity contribution in [1.29, 1.82) is 0 Å². The first-order chi connectivity index (χ1) is 19.6. The predicted molar refractivity (Wildman–Crippen MR) is 139 cm³/mol. The van der Waals surface area contributed by atoms with Crippen molar-refractivity contribution in [1.82, 2.24) is 0 Å². The SMILES string of the molecule is CC(O)(CC(=O)O)CC(=O)OC[C@H]1O[C@@H](c2c(-c3ccc(O)c(O)c3)oc3cc(O)cc(O)c3c2=O)[C@H](O)[C@@H](O)[C@@H]1O. The number of hydrogen-bond donors (Lipinski definition) is 9. The smallest absolute Gasteiger partial charge is 0.308 e. The van der Waals surface area contributed by atoms with Crippen LogP contribution in [0, 0.1) is 0 Å². The number of aliphatic hydroxyl groups excluding tert-OH is 3. The molecule has 0 spiro atoms. The number of aliphatic hydroxyl groups is 4. The van der Waals surface area contributed by atoms with E-state index in [9.17, 15) is 55.2 Å². The maximum Gasteiger partial charge on any atom is 0.308 e. The summed E-state index contributed by atoms with van der Waals surface area (Å²) in [6.07, 6.45) is -10.7. The summed E-state index contributed by atoms with van der Waals surface area (Å²) >= 11 is 0. The number of ether oxygens (including phenoxy) is 2. The van der Waals surface area contributed by atoms with Crippen LogP contribution in [0.4, 0.5) is 0 Å². The fourth-order valence-corrected chi connectivity index (χ4v) is 4.69. The van der Waals surface area contributed by atoms with E-state index in [1.807, 2.05) is 0 Å². The number of hydrogen-bond acceptors (Lipinski definition) is 14. The van der Waals surface area contributed by atoms with Crippen LogP contribution in [0.3, 0.4) is 0 Å². The zero-order chi connectivity index (χ0) is 31.1. The summed E-state index contributed by atoms with van der Waals surface area (Å²) in [5.41, 5.74) is -3.81. The van der Waals surface area contributed by atoms with E-state index >= 15 is 0 Å². The molecule has 0 aliphatic carbocycles. The molecule has 15 heteroatoms. The number of rotatable bonds is 8. The largest absolute Gasteiger partial charge is 0.508 e. The highest BCUT2D eigenvalue weighted by Gasteiger charge is 2.47. The average Bonchev–Trinajstić information content (AvgIpc) is 2.87. The van der Waals surface area contributed by atoms with Crippen molar-refractivity contribution in [2.45, 2.75) is 55.9 Å². The van der Waals surface area contributed by atoms with Gasteiger partial charge in [-0.3, -0.25) is 14.4 Å². The second-order valence-corrected chi connectivity index (χ2v) is 10.2. The molecule has 2 aromatic carbocycles. The van der Waals surface area contributed by atoms with Crippen molar-refractivity contribution in [3.8, 4) is 34.3 Å². The highest BCUT2D eigenvalue weighted by molar-refractivity contribution is 5.87. The lowest BCUT2D eigenvalue weighted by molar-refractivity contribution is -0.235. The predicted octanol–water partition coefficient (Wildman–Crippen LogP) is -0.0360. The first-order valence-electron chi connectivity index (χ1n) is 12.4. The number of phenolic OH excluding ortho intramolecular Hbond substituents is 4. The fraction of sp³-hybridized carbons (Fsp3) is 0.370. The van der Waals surface area contributed by atoms with E-state index in [1.165, 1.54) is 6.07 Å². The Morgan fingerprint density at radius 2 is 1.62 bits per heavy atom. The van der Waals surface area contributed by atoms with E-state index < -0.39 is 107 Å². The molecule has 2 heterocycles. The second kappa shape index (κ2) is 11.5. The molecule has 1 unspecified atom stereocenters. The van der Waals surface area contributed by atoms with E-state index in [2.05, 4.69) is 0 Å². The van der Waals surface area contributed by atoms with Crippen molar-refractivity contribution in [3.05, 3.63) is 46.1 Å². The van der Waals surface area contributed by atoms with Gasteiger partial charge in [0, 0.05) is 17.7 Å². The van der Waals surface area contributed by atoms with Crippen LogP contribution in [0.2, 0.25) is 0 Å². The van der Waals surface area contributed by atoms with E-state index in [0.29, 0.717) is 0 Å². The molecule has 0 saturated carbocycles. The molecule has 1 aliphatic heterocycles. The highest BCUT2D eigenvalue weighted by atomic mass is 16.6. The Morgan fingerprint density at radius 3 is 2.26 bits per heavy atom. The van der Waals surface area contributed by atoms with Gasteiger partial charge in [-0.15, -0.1) is 0 Å². The maximum absolute atomic E-state index is 13.7. The number of aliphatic carboxylic acids is 1. The quantitative estimate of drug-likeness (QED) is 0.123. The van der Waals surface area contributed by atoms with Crippen molar-refractivity contribution in [2.24, 2.45) is 0 Å². The first-order valence-corrected chi connectivity index (χ1v) is 12.4. The number of esters is 1. The van der Waals surface area contributed by atoms with Gasteiger partial charge < -0.3 is 59.8 Å². The zero-order valence-corrected chi connectivity index (χ0v) is 21.9. The molecule has 9 N–H and O–H groups in total. The van der Waals surface area contributed by atoms with Crippen LogP contribution in [0.5, 0.6) is 23.0 Å². The summed E-state index contributed by atoms with van der Waals surface area (Å²) < 4.78 is 16.5. The Labute approximate surface area is 235 Å². The average molecular weight is 593 g/mol. The number of phenols is 4. The molecule has 0 radical (unpaired) electrons. The van der Waals surface area contributed by atoms with Gasteiger partial charge in [-0.1, -0.05) is 0 Å². The normalized spacial score (nSPS) is 23.8. The van der Waals surface area contributed by atoms with E-state index in [0.717, 1.165) is 31.2 Å². The van der Waals surface area contributed by atoms with Crippen molar-refractivity contribution in [2.75, 3.05) is 6.61 Å². The van der Waals surface area contributed by atoms with Crippen LogP contribution >= 0.6 is 0 Å². The minimum absolute atomic E-state index is 0.0396. The van der Waals surface area contributed by atoms with Crippen LogP contribution in [0.1, 0.15) is 31.4 Å². The second-order valence-electron chi connectivity index (χ2n) is 10.2. The third-order valence-electron chi connectivity index (χ3n) is 6.69. The molecule has 226 valence electrons. The van der Waals surface area contributed by atoms with Crippen molar-refractivity contribution >= 4 is 22.9 Å². The van der Waals surface area contributed by atoms with Gasteiger partial charge >= 0.3 is 11.9 Å². The molecule has 1 aromatic heterocycles. The van der Waals surface area contributed by atoms with Gasteiger partial charge in [0.05, 0.1) is 24.0 Å². The van der Waals surface area contributed by atoms with Gasteiger partial charge in [0.25, 0.3) is 0 Å². The summed E-state index contributed by atoms with van der Waals surface area (Å²) in [5.74, 6) is -5.13. The fourth-order valence-electron chi connectivity index (χ4n) is 4.69. The Kier molecular flexibility index (Phi) is 8.34. The van der Waals surface area contributed by atoms with Crippen molar-refractivity contribution in [3.63, 3.8) is 0 Å². The topological polar surface area (TPSA) is 265 Å². The van der Waals surface area contributed by atoms with Crippen LogP contribution in [-0.2, 0) is 19.1 Å². The maximum atomic E-state index is 13.7. The summed E-state index contributed by atoms with van der Waals surface area (Å²) in [4.78, 5) is 36.9. The van der Waals surface area contributed by atoms with Crippen LogP contribution in [0.15, 0.2) is 39.5 Å². The Morgan fingerprint density at radius 1 is 0.929 bits per heavy atom. The lowest BCUT2D eigenvalue weighted by Crippen LogP contribution is -2.56. The van der Waals surface area contributed by atoms with E-state index in [-0.39, 0.29) is 16.9 Å². The lowest BCUT2D eigenvalue weighted by atomic mass is 9.89. The Hall–Kier alpha value is -4.41. The molecular weight excluding hydrogens is 564 g/mol. The molecule has 42 heavy (non-hydrogen) atoms. The molecule has 0 amide bonds. The molecule has 1 aliphatic rings. The third-order valence-corrected chi connectivity index (χ3v) is 6.69. The van der Waals surface area contributed by atoms with Gasteiger partial charge in [0.15, 0.2) is 11.5 Å². The summed E-state index contributed by atoms with van der Waals surface area (Å²) in [5, 5.41) is 90.6. The highest BCUT2D eigenvalue weighted by Crippen LogP contribution is 2.41. The minimum atomic E-state index is -1.99. The number of carbonyl (C=O) groups excluding carboxylic acids is 1. The summed E-state index contributed by atoms with van der Waals surface area (Å²) in [7, 11) is 0. The third kappa shape index (κ3) is 6.09. The number of carbonyl (C=O) groups is 2. The summed E-state index contributed by atoms with van der Waals surface area (Å²) in [6.45, 7) is 0.331. The van der Waals surface area contributed by atoms with E-state index in [1.54, 1.807) is 0 Å². The van der Waals surface area contributed by atoms with Crippen LogP contribution < -0.4 is 5.43 Å². The minimum Gasteiger partial charge on any atom is -0.508 e. The number of fused-ring (bicyclic) bond motifs is 1. The molecule has 0 bridgehead atoms.